The summed E-state index contributed by atoms with van der Waals surface area (Å²) in [4.78, 5) is 12.2. The molecule has 2 aromatic carbocycles. The van der Waals surface area contributed by atoms with E-state index < -0.39 is 5.60 Å². The molecule has 0 aromatic heterocycles. The summed E-state index contributed by atoms with van der Waals surface area (Å²) in [6.07, 6.45) is 7.38. The molecule has 4 nitrogen and oxygen atoms in total. The number of fused-ring (bicyclic) bond motifs is 1. The fourth-order valence-electron chi connectivity index (χ4n) is 4.93. The van der Waals surface area contributed by atoms with Gasteiger partial charge in [0.25, 0.3) is 0 Å². The summed E-state index contributed by atoms with van der Waals surface area (Å²) in [7, 11) is 0. The predicted molar refractivity (Wildman–Crippen MR) is 124 cm³/mol. The third-order valence-corrected chi connectivity index (χ3v) is 6.88. The van der Waals surface area contributed by atoms with Gasteiger partial charge < -0.3 is 15.2 Å². The maximum absolute atomic E-state index is 12.2. The number of hydrogen-bond donors (Lipinski definition) is 2. The number of ether oxygens (including phenoxy) is 1. The van der Waals surface area contributed by atoms with Crippen molar-refractivity contribution in [2.24, 2.45) is 0 Å². The molecular formula is C26H32ClNO3. The Morgan fingerprint density at radius 1 is 1.13 bits per heavy atom. The van der Waals surface area contributed by atoms with Crippen LogP contribution in [-0.4, -0.2) is 28.8 Å². The molecule has 0 spiro atoms. The highest BCUT2D eigenvalue weighted by atomic mass is 35.5. The molecule has 1 fully saturated rings. The minimum atomic E-state index is -0.564. The van der Waals surface area contributed by atoms with Gasteiger partial charge in [-0.15, -0.1) is 0 Å². The van der Waals surface area contributed by atoms with Crippen LogP contribution in [0.15, 0.2) is 42.5 Å². The standard InChI is InChI=1S/C26H32ClNO3/c1-25(17-20-4-8-22(27)9-5-20)18-21-16-19(6-10-23(21)31-25)7-11-24(29)28-15-14-26(30)12-2-3-13-26/h4-6,8-10,16,30H,2-3,7,11-15,17-18H2,1H3,(H,28,29). The van der Waals surface area contributed by atoms with Crippen LogP contribution >= 0.6 is 11.6 Å². The Balaban J connectivity index is 1.26. The largest absolute Gasteiger partial charge is 0.487 e. The molecular weight excluding hydrogens is 410 g/mol. The van der Waals surface area contributed by atoms with E-state index in [4.69, 9.17) is 16.3 Å². The van der Waals surface area contributed by atoms with Crippen LogP contribution in [0.2, 0.25) is 5.02 Å². The van der Waals surface area contributed by atoms with E-state index in [0.717, 1.165) is 54.9 Å². The molecule has 1 amide bonds. The van der Waals surface area contributed by atoms with E-state index in [1.165, 1.54) is 11.1 Å². The van der Waals surface area contributed by atoms with Crippen LogP contribution in [0.3, 0.4) is 0 Å². The van der Waals surface area contributed by atoms with Gasteiger partial charge in [-0.25, -0.2) is 0 Å². The average molecular weight is 442 g/mol. The lowest BCUT2D eigenvalue weighted by atomic mass is 9.91. The second kappa shape index (κ2) is 9.22. The SMILES string of the molecule is CC1(Cc2ccc(Cl)cc2)Cc2cc(CCC(=O)NCCC3(O)CCCC3)ccc2O1. The van der Waals surface area contributed by atoms with Gasteiger partial charge in [0.1, 0.15) is 11.4 Å². The number of aryl methyl sites for hydroxylation is 1. The molecule has 1 unspecified atom stereocenters. The van der Waals surface area contributed by atoms with Gasteiger partial charge in [0, 0.05) is 30.8 Å². The van der Waals surface area contributed by atoms with Crippen LogP contribution < -0.4 is 10.1 Å². The summed E-state index contributed by atoms with van der Waals surface area (Å²) in [5.41, 5.74) is 2.73. The van der Waals surface area contributed by atoms with E-state index in [0.29, 0.717) is 25.8 Å². The minimum Gasteiger partial charge on any atom is -0.487 e. The molecule has 0 bridgehead atoms. The highest BCUT2D eigenvalue weighted by Gasteiger charge is 2.35. The third kappa shape index (κ3) is 5.81. The van der Waals surface area contributed by atoms with Crippen LogP contribution in [0, 0.1) is 0 Å². The van der Waals surface area contributed by atoms with Crippen LogP contribution in [0.1, 0.15) is 62.1 Å². The van der Waals surface area contributed by atoms with Crippen molar-refractivity contribution < 1.29 is 14.6 Å². The molecule has 1 aliphatic heterocycles. The maximum atomic E-state index is 12.2. The van der Waals surface area contributed by atoms with Gasteiger partial charge in [0.05, 0.1) is 5.60 Å². The number of amides is 1. The predicted octanol–water partition coefficient (Wildman–Crippen LogP) is 5.02. The van der Waals surface area contributed by atoms with E-state index in [-0.39, 0.29) is 11.5 Å². The number of rotatable bonds is 8. The number of carbonyl (C=O) groups is 1. The number of nitrogens with one attached hydrogen (secondary N) is 1. The second-order valence-electron chi connectivity index (χ2n) is 9.51. The summed E-state index contributed by atoms with van der Waals surface area (Å²) in [6.45, 7) is 2.70. The summed E-state index contributed by atoms with van der Waals surface area (Å²) in [5, 5.41) is 14.1. The van der Waals surface area contributed by atoms with Crippen LogP contribution in [0.5, 0.6) is 5.75 Å². The molecule has 5 heteroatoms. The van der Waals surface area contributed by atoms with Crippen molar-refractivity contribution in [2.75, 3.05) is 6.54 Å². The van der Waals surface area contributed by atoms with Gasteiger partial charge in [0.15, 0.2) is 0 Å². The molecule has 2 aliphatic rings. The van der Waals surface area contributed by atoms with Crippen molar-refractivity contribution in [1.82, 2.24) is 5.32 Å². The number of halogens is 1. The number of hydrogen-bond acceptors (Lipinski definition) is 3. The first-order chi connectivity index (χ1) is 14.8. The van der Waals surface area contributed by atoms with Gasteiger partial charge in [-0.3, -0.25) is 4.79 Å². The maximum Gasteiger partial charge on any atom is 0.220 e. The molecule has 1 aliphatic carbocycles. The van der Waals surface area contributed by atoms with E-state index >= 15 is 0 Å². The summed E-state index contributed by atoms with van der Waals surface area (Å²) in [6, 6.07) is 14.2. The number of benzene rings is 2. The summed E-state index contributed by atoms with van der Waals surface area (Å²) in [5.74, 6) is 0.986. The fourth-order valence-corrected chi connectivity index (χ4v) is 5.05. The quantitative estimate of drug-likeness (QED) is 0.604. The van der Waals surface area contributed by atoms with E-state index in [2.05, 4.69) is 36.5 Å². The first-order valence-electron chi connectivity index (χ1n) is 11.4. The Bertz CT molecular complexity index is 921. The lowest BCUT2D eigenvalue weighted by Crippen LogP contribution is -2.33. The lowest BCUT2D eigenvalue weighted by Gasteiger charge is -2.24. The highest BCUT2D eigenvalue weighted by Crippen LogP contribution is 2.38. The monoisotopic (exact) mass is 441 g/mol. The zero-order valence-electron chi connectivity index (χ0n) is 18.3. The molecule has 2 N–H and O–H groups in total. The smallest absolute Gasteiger partial charge is 0.220 e. The van der Waals surface area contributed by atoms with Crippen molar-refractivity contribution in [3.8, 4) is 5.75 Å². The lowest BCUT2D eigenvalue weighted by molar-refractivity contribution is -0.121. The molecule has 0 saturated heterocycles. The van der Waals surface area contributed by atoms with Crippen LogP contribution in [-0.2, 0) is 24.1 Å². The Labute approximate surface area is 190 Å². The Hall–Kier alpha value is -2.04. The summed E-state index contributed by atoms with van der Waals surface area (Å²) >= 11 is 6.00. The van der Waals surface area contributed by atoms with E-state index in [9.17, 15) is 9.90 Å². The average Bonchev–Trinajstić information content (AvgIpc) is 3.30. The van der Waals surface area contributed by atoms with Gasteiger partial charge in [0.2, 0.25) is 5.91 Å². The molecule has 0 radical (unpaired) electrons. The molecule has 1 heterocycles. The Kier molecular flexibility index (Phi) is 6.59. The van der Waals surface area contributed by atoms with Gasteiger partial charge in [-0.2, -0.15) is 0 Å². The van der Waals surface area contributed by atoms with Crippen LogP contribution in [0.4, 0.5) is 0 Å². The molecule has 2 aromatic rings. The first-order valence-corrected chi connectivity index (χ1v) is 11.7. The topological polar surface area (TPSA) is 58.6 Å². The van der Waals surface area contributed by atoms with Crippen molar-refractivity contribution in [3.05, 3.63) is 64.2 Å². The Morgan fingerprint density at radius 2 is 1.84 bits per heavy atom. The fraction of sp³-hybridized carbons (Fsp3) is 0.500. The zero-order valence-corrected chi connectivity index (χ0v) is 19.0. The molecule has 1 atom stereocenters. The van der Waals surface area contributed by atoms with Crippen molar-refractivity contribution >= 4 is 17.5 Å². The normalized spacial score (nSPS) is 21.5. The van der Waals surface area contributed by atoms with E-state index in [1.54, 1.807) is 0 Å². The van der Waals surface area contributed by atoms with Gasteiger partial charge in [-0.1, -0.05) is 48.7 Å². The third-order valence-electron chi connectivity index (χ3n) is 6.62. The number of carbonyl (C=O) groups excluding carboxylic acids is 1. The highest BCUT2D eigenvalue weighted by molar-refractivity contribution is 6.30. The van der Waals surface area contributed by atoms with Gasteiger partial charge >= 0.3 is 0 Å². The Morgan fingerprint density at radius 3 is 2.58 bits per heavy atom. The van der Waals surface area contributed by atoms with Crippen LogP contribution in [0.25, 0.3) is 0 Å². The first kappa shape index (κ1) is 22.2. The van der Waals surface area contributed by atoms with Crippen molar-refractivity contribution in [3.63, 3.8) is 0 Å². The van der Waals surface area contributed by atoms with Crippen molar-refractivity contribution in [2.45, 2.75) is 75.9 Å². The summed E-state index contributed by atoms with van der Waals surface area (Å²) < 4.78 is 6.28. The van der Waals surface area contributed by atoms with Crippen molar-refractivity contribution in [1.29, 1.82) is 0 Å². The molecule has 1 saturated carbocycles. The molecule has 31 heavy (non-hydrogen) atoms. The minimum absolute atomic E-state index is 0.0472. The molecule has 4 rings (SSSR count). The number of aliphatic hydroxyl groups is 1. The second-order valence-corrected chi connectivity index (χ2v) is 9.94. The van der Waals surface area contributed by atoms with Gasteiger partial charge in [-0.05, 0) is 67.5 Å². The van der Waals surface area contributed by atoms with E-state index in [1.807, 2.05) is 18.2 Å². The zero-order chi connectivity index (χ0) is 21.9. The molecule has 166 valence electrons.